The van der Waals surface area contributed by atoms with Crippen molar-refractivity contribution in [3.63, 3.8) is 0 Å². The molecule has 4 aromatic rings. The maximum Gasteiger partial charge on any atom is 0.239 e. The van der Waals surface area contributed by atoms with E-state index in [-0.39, 0.29) is 5.91 Å². The van der Waals surface area contributed by atoms with Crippen LogP contribution in [0.5, 0.6) is 11.5 Å². The van der Waals surface area contributed by atoms with Crippen LogP contribution in [0.25, 0.3) is 5.69 Å². The highest BCUT2D eigenvalue weighted by atomic mass is 32.2. The number of thiazole rings is 1. The molecule has 0 aliphatic heterocycles. The van der Waals surface area contributed by atoms with Crippen molar-refractivity contribution in [3.8, 4) is 17.2 Å². The molecular weight excluding hydrogens is 482 g/mol. The Morgan fingerprint density at radius 3 is 2.34 bits per heavy atom. The van der Waals surface area contributed by atoms with Gasteiger partial charge in [0.2, 0.25) is 5.91 Å². The highest BCUT2D eigenvalue weighted by Gasteiger charge is 2.25. The van der Waals surface area contributed by atoms with Crippen LogP contribution in [0.15, 0.2) is 59.8 Å². The van der Waals surface area contributed by atoms with Crippen molar-refractivity contribution in [3.05, 3.63) is 71.0 Å². The average Bonchev–Trinajstić information content (AvgIpc) is 3.42. The normalized spacial score (nSPS) is 12.7. The van der Waals surface area contributed by atoms with E-state index >= 15 is 0 Å². The zero-order valence-electron chi connectivity index (χ0n) is 20.2. The Bertz CT molecular complexity index is 1270. The molecule has 0 radical (unpaired) electrons. The number of anilines is 1. The third-order valence-corrected chi connectivity index (χ3v) is 7.35. The number of hydrogen-bond donors (Lipinski definition) is 1. The SMILES string of the molecule is COc1ccc(OC(C)c2nnc(SC(C)C(=O)Nc3nc(C)c(C)s3)n2-c2ccccc2)cc1. The molecule has 0 bridgehead atoms. The lowest BCUT2D eigenvalue weighted by atomic mass is 10.3. The first-order valence-electron chi connectivity index (χ1n) is 11.1. The molecule has 2 unspecified atom stereocenters. The van der Waals surface area contributed by atoms with Crippen molar-refractivity contribution in [2.75, 3.05) is 12.4 Å². The molecule has 4 rings (SSSR count). The molecule has 8 nitrogen and oxygen atoms in total. The van der Waals surface area contributed by atoms with E-state index in [0.717, 1.165) is 22.0 Å². The number of aromatic nitrogens is 4. The topological polar surface area (TPSA) is 91.2 Å². The molecule has 2 atom stereocenters. The number of carbonyl (C=O) groups excluding carboxylic acids is 1. The lowest BCUT2D eigenvalue weighted by Crippen LogP contribution is -2.23. The molecule has 182 valence electrons. The Hall–Kier alpha value is -3.37. The fourth-order valence-corrected chi connectivity index (χ4v) is 4.99. The number of nitrogens with one attached hydrogen (secondary N) is 1. The Kier molecular flexibility index (Phi) is 7.72. The number of benzene rings is 2. The Balaban J connectivity index is 1.56. The maximum absolute atomic E-state index is 12.9. The molecule has 35 heavy (non-hydrogen) atoms. The first-order valence-corrected chi connectivity index (χ1v) is 12.8. The molecule has 0 saturated heterocycles. The van der Waals surface area contributed by atoms with Crippen molar-refractivity contribution in [2.24, 2.45) is 0 Å². The van der Waals surface area contributed by atoms with Crippen molar-refractivity contribution in [2.45, 2.75) is 44.2 Å². The summed E-state index contributed by atoms with van der Waals surface area (Å²) in [5.41, 5.74) is 1.81. The van der Waals surface area contributed by atoms with Crippen LogP contribution in [-0.2, 0) is 4.79 Å². The predicted molar refractivity (Wildman–Crippen MR) is 139 cm³/mol. The second-order valence-corrected chi connectivity index (χ2v) is 10.4. The Morgan fingerprint density at radius 1 is 1.03 bits per heavy atom. The first kappa shape index (κ1) is 24.7. The molecule has 0 aliphatic rings. The summed E-state index contributed by atoms with van der Waals surface area (Å²) in [5.74, 6) is 1.94. The second-order valence-electron chi connectivity index (χ2n) is 7.86. The molecule has 2 aromatic heterocycles. The van der Waals surface area contributed by atoms with Gasteiger partial charge in [0.1, 0.15) is 11.5 Å². The van der Waals surface area contributed by atoms with Gasteiger partial charge in [-0.05, 0) is 64.1 Å². The van der Waals surface area contributed by atoms with Crippen LogP contribution < -0.4 is 14.8 Å². The van der Waals surface area contributed by atoms with Crippen LogP contribution in [0.3, 0.4) is 0 Å². The summed E-state index contributed by atoms with van der Waals surface area (Å²) in [6, 6.07) is 17.2. The highest BCUT2D eigenvalue weighted by molar-refractivity contribution is 8.00. The smallest absolute Gasteiger partial charge is 0.239 e. The standard InChI is InChI=1S/C25H27N5O3S2/c1-15-17(3)34-24(26-15)27-23(31)18(4)35-25-29-28-22(30(25)19-9-7-6-8-10-19)16(2)33-21-13-11-20(32-5)12-14-21/h6-14,16,18H,1-5H3,(H,26,27,31). The van der Waals surface area contributed by atoms with Crippen molar-refractivity contribution >= 4 is 34.1 Å². The van der Waals surface area contributed by atoms with Crippen molar-refractivity contribution in [1.82, 2.24) is 19.7 Å². The zero-order valence-corrected chi connectivity index (χ0v) is 21.8. The van der Waals surface area contributed by atoms with E-state index in [1.807, 2.05) is 86.9 Å². The number of thioether (sulfide) groups is 1. The second kappa shape index (κ2) is 10.9. The molecule has 1 amide bonds. The number of carbonyl (C=O) groups is 1. The maximum atomic E-state index is 12.9. The van der Waals surface area contributed by atoms with Crippen molar-refractivity contribution < 1.29 is 14.3 Å². The largest absolute Gasteiger partial charge is 0.497 e. The Labute approximate surface area is 212 Å². The molecule has 0 spiro atoms. The van der Waals surface area contributed by atoms with Gasteiger partial charge < -0.3 is 14.8 Å². The van der Waals surface area contributed by atoms with Gasteiger partial charge in [-0.2, -0.15) is 0 Å². The van der Waals surface area contributed by atoms with E-state index in [1.165, 1.54) is 23.1 Å². The number of aryl methyl sites for hydroxylation is 2. The number of nitrogens with zero attached hydrogens (tertiary/aromatic N) is 4. The Morgan fingerprint density at radius 2 is 1.71 bits per heavy atom. The summed E-state index contributed by atoms with van der Waals surface area (Å²) >= 11 is 2.80. The minimum Gasteiger partial charge on any atom is -0.497 e. The molecule has 0 aliphatic carbocycles. The average molecular weight is 510 g/mol. The molecular formula is C25H27N5O3S2. The quantitative estimate of drug-likeness (QED) is 0.293. The van der Waals surface area contributed by atoms with Crippen LogP contribution in [-0.4, -0.2) is 38.0 Å². The fourth-order valence-electron chi connectivity index (χ4n) is 3.30. The van der Waals surface area contributed by atoms with E-state index in [4.69, 9.17) is 9.47 Å². The summed E-state index contributed by atoms with van der Waals surface area (Å²) in [5, 5.41) is 12.5. The van der Waals surface area contributed by atoms with Gasteiger partial charge in [-0.1, -0.05) is 30.0 Å². The van der Waals surface area contributed by atoms with E-state index in [9.17, 15) is 4.79 Å². The van der Waals surface area contributed by atoms with Gasteiger partial charge in [-0.15, -0.1) is 21.5 Å². The lowest BCUT2D eigenvalue weighted by molar-refractivity contribution is -0.115. The minimum atomic E-state index is -0.420. The van der Waals surface area contributed by atoms with E-state index in [0.29, 0.717) is 21.9 Å². The molecule has 0 saturated carbocycles. The van der Waals surface area contributed by atoms with Crippen LogP contribution in [0, 0.1) is 13.8 Å². The van der Waals surface area contributed by atoms with Gasteiger partial charge in [0, 0.05) is 10.6 Å². The van der Waals surface area contributed by atoms with E-state index < -0.39 is 11.4 Å². The number of para-hydroxylation sites is 1. The highest BCUT2D eigenvalue weighted by Crippen LogP contribution is 2.31. The summed E-state index contributed by atoms with van der Waals surface area (Å²) < 4.78 is 13.3. The van der Waals surface area contributed by atoms with Crippen LogP contribution in [0.1, 0.15) is 36.3 Å². The minimum absolute atomic E-state index is 0.143. The lowest BCUT2D eigenvalue weighted by Gasteiger charge is -2.17. The molecule has 2 aromatic carbocycles. The number of methoxy groups -OCH3 is 1. The monoisotopic (exact) mass is 509 g/mol. The molecule has 1 N–H and O–H groups in total. The fraction of sp³-hybridized carbons (Fsp3) is 0.280. The van der Waals surface area contributed by atoms with Gasteiger partial charge in [0.25, 0.3) is 0 Å². The van der Waals surface area contributed by atoms with E-state index in [1.54, 1.807) is 7.11 Å². The van der Waals surface area contributed by atoms with Gasteiger partial charge in [0.05, 0.1) is 18.1 Å². The van der Waals surface area contributed by atoms with Gasteiger partial charge in [-0.25, -0.2) is 4.98 Å². The van der Waals surface area contributed by atoms with Gasteiger partial charge in [0.15, 0.2) is 22.2 Å². The third kappa shape index (κ3) is 5.83. The van der Waals surface area contributed by atoms with Gasteiger partial charge in [-0.3, -0.25) is 9.36 Å². The van der Waals surface area contributed by atoms with E-state index in [2.05, 4.69) is 20.5 Å². The van der Waals surface area contributed by atoms with Crippen LogP contribution in [0.4, 0.5) is 5.13 Å². The number of ether oxygens (including phenoxy) is 2. The number of rotatable bonds is 9. The summed E-state index contributed by atoms with van der Waals surface area (Å²) in [7, 11) is 1.63. The summed E-state index contributed by atoms with van der Waals surface area (Å²) in [4.78, 5) is 18.3. The number of amides is 1. The van der Waals surface area contributed by atoms with Crippen molar-refractivity contribution in [1.29, 1.82) is 0 Å². The molecule has 0 fully saturated rings. The summed E-state index contributed by atoms with van der Waals surface area (Å²) in [6.45, 7) is 7.68. The molecule has 2 heterocycles. The number of hydrogen-bond acceptors (Lipinski definition) is 8. The van der Waals surface area contributed by atoms with Crippen LogP contribution >= 0.6 is 23.1 Å². The first-order chi connectivity index (χ1) is 16.9. The molecule has 10 heteroatoms. The van der Waals surface area contributed by atoms with Crippen LogP contribution in [0.2, 0.25) is 0 Å². The zero-order chi connectivity index (χ0) is 24.9. The van der Waals surface area contributed by atoms with Gasteiger partial charge >= 0.3 is 0 Å². The third-order valence-electron chi connectivity index (χ3n) is 5.32. The predicted octanol–water partition coefficient (Wildman–Crippen LogP) is 5.61. The summed E-state index contributed by atoms with van der Waals surface area (Å²) in [6.07, 6.45) is -0.393.